The molecule has 3 aromatic rings. The van der Waals surface area contributed by atoms with Crippen LogP contribution in [0.1, 0.15) is 11.5 Å². The summed E-state index contributed by atoms with van der Waals surface area (Å²) in [7, 11) is 1.83. The fourth-order valence-electron chi connectivity index (χ4n) is 1.85. The summed E-state index contributed by atoms with van der Waals surface area (Å²) in [5, 5.41) is 13.0. The summed E-state index contributed by atoms with van der Waals surface area (Å²) in [6.07, 6.45) is 2.37. The predicted octanol–water partition coefficient (Wildman–Crippen LogP) is 3.48. The third-order valence-corrected chi connectivity index (χ3v) is 3.51. The van der Waals surface area contributed by atoms with Crippen molar-refractivity contribution in [1.82, 2.24) is 20.0 Å². The summed E-state index contributed by atoms with van der Waals surface area (Å²) < 4.78 is 8.13. The van der Waals surface area contributed by atoms with Gasteiger partial charge in [0.2, 0.25) is 5.89 Å². The van der Waals surface area contributed by atoms with Crippen molar-refractivity contribution in [2.75, 3.05) is 0 Å². The van der Waals surface area contributed by atoms with Crippen molar-refractivity contribution in [1.29, 1.82) is 0 Å². The molecule has 0 saturated carbocycles. The molecule has 5 nitrogen and oxygen atoms in total. The first kappa shape index (κ1) is 13.3. The maximum absolute atomic E-state index is 5.95. The van der Waals surface area contributed by atoms with Crippen molar-refractivity contribution >= 4 is 27.5 Å². The largest absolute Gasteiger partial charge is 0.419 e. The Morgan fingerprint density at radius 3 is 2.90 bits per heavy atom. The smallest absolute Gasteiger partial charge is 0.269 e. The molecule has 1 aromatic carbocycles. The van der Waals surface area contributed by atoms with Crippen LogP contribution in [0.3, 0.4) is 0 Å². The number of halogens is 2. The first-order valence-electron chi connectivity index (χ1n) is 5.88. The van der Waals surface area contributed by atoms with Gasteiger partial charge in [0.1, 0.15) is 0 Å². The third kappa shape index (κ3) is 2.76. The summed E-state index contributed by atoms with van der Waals surface area (Å²) in [4.78, 5) is 0. The monoisotopic (exact) mass is 352 g/mol. The highest BCUT2D eigenvalue weighted by Gasteiger charge is 2.15. The second-order valence-corrected chi connectivity index (χ2v) is 5.60. The van der Waals surface area contributed by atoms with Crippen LogP contribution in [-0.2, 0) is 13.5 Å². The molecule has 0 unspecified atom stereocenters. The number of benzene rings is 1. The Morgan fingerprint density at radius 2 is 2.20 bits per heavy atom. The maximum Gasteiger partial charge on any atom is 0.269 e. The second-order valence-electron chi connectivity index (χ2n) is 4.31. The number of rotatable bonds is 3. The molecule has 0 amide bonds. The van der Waals surface area contributed by atoms with Gasteiger partial charge in [0.15, 0.2) is 5.69 Å². The molecule has 20 heavy (non-hydrogen) atoms. The Hall–Kier alpha value is -1.66. The lowest BCUT2D eigenvalue weighted by Crippen LogP contribution is -1.87. The molecule has 0 atom stereocenters. The molecule has 102 valence electrons. The fraction of sp³-hybridized carbons (Fsp3) is 0.154. The zero-order chi connectivity index (χ0) is 14.1. The van der Waals surface area contributed by atoms with Crippen LogP contribution in [0.15, 0.2) is 39.4 Å². The van der Waals surface area contributed by atoms with E-state index < -0.39 is 0 Å². The molecule has 0 N–H and O–H groups in total. The maximum atomic E-state index is 5.95. The molecule has 0 aliphatic carbocycles. The van der Waals surface area contributed by atoms with Crippen molar-refractivity contribution < 1.29 is 4.42 Å². The number of aryl methyl sites for hydroxylation is 1. The molecule has 0 saturated heterocycles. The number of aromatic nitrogens is 4. The Kier molecular flexibility index (Phi) is 3.58. The minimum atomic E-state index is 0.398. The van der Waals surface area contributed by atoms with Crippen molar-refractivity contribution in [3.8, 4) is 11.6 Å². The molecule has 0 spiro atoms. The molecule has 0 radical (unpaired) electrons. The van der Waals surface area contributed by atoms with E-state index in [2.05, 4.69) is 31.2 Å². The van der Waals surface area contributed by atoms with Crippen LogP contribution in [0.4, 0.5) is 0 Å². The minimum absolute atomic E-state index is 0.398. The summed E-state index contributed by atoms with van der Waals surface area (Å²) in [6, 6.07) is 7.56. The number of hydrogen-bond donors (Lipinski definition) is 0. The van der Waals surface area contributed by atoms with Gasteiger partial charge in [-0.1, -0.05) is 23.7 Å². The normalized spacial score (nSPS) is 10.9. The van der Waals surface area contributed by atoms with Gasteiger partial charge in [-0.15, -0.1) is 10.2 Å². The lowest BCUT2D eigenvalue weighted by atomic mass is 10.1. The van der Waals surface area contributed by atoms with Crippen molar-refractivity contribution in [3.63, 3.8) is 0 Å². The number of hydrogen-bond acceptors (Lipinski definition) is 4. The van der Waals surface area contributed by atoms with Gasteiger partial charge in [0.05, 0.1) is 10.9 Å². The zero-order valence-corrected chi connectivity index (χ0v) is 12.9. The van der Waals surface area contributed by atoms with Crippen LogP contribution >= 0.6 is 27.5 Å². The van der Waals surface area contributed by atoms with Gasteiger partial charge in [-0.25, -0.2) is 0 Å². The van der Waals surface area contributed by atoms with Gasteiger partial charge < -0.3 is 4.42 Å². The van der Waals surface area contributed by atoms with E-state index in [1.54, 1.807) is 4.68 Å². The van der Waals surface area contributed by atoms with Crippen LogP contribution < -0.4 is 0 Å². The van der Waals surface area contributed by atoms with Crippen LogP contribution in [-0.4, -0.2) is 20.0 Å². The molecule has 2 heterocycles. The first-order valence-corrected chi connectivity index (χ1v) is 7.05. The Bertz CT molecular complexity index is 752. The molecular formula is C13H10BrClN4O. The van der Waals surface area contributed by atoms with E-state index in [4.69, 9.17) is 16.0 Å². The summed E-state index contributed by atoms with van der Waals surface area (Å²) in [6.45, 7) is 0. The van der Waals surface area contributed by atoms with Crippen LogP contribution in [0, 0.1) is 0 Å². The molecule has 0 bridgehead atoms. The third-order valence-electron chi connectivity index (χ3n) is 2.70. The van der Waals surface area contributed by atoms with Gasteiger partial charge in [0, 0.05) is 18.3 Å². The molecule has 3 rings (SSSR count). The van der Waals surface area contributed by atoms with Crippen molar-refractivity contribution in [2.45, 2.75) is 6.42 Å². The SMILES string of the molecule is Cn1cc(Br)c(-c2nnc(Cc3cccc(Cl)c3)o2)n1. The number of nitrogens with zero attached hydrogens (tertiary/aromatic N) is 4. The van der Waals surface area contributed by atoms with E-state index in [1.807, 2.05) is 37.5 Å². The fourth-order valence-corrected chi connectivity index (χ4v) is 2.60. The van der Waals surface area contributed by atoms with E-state index in [-0.39, 0.29) is 0 Å². The highest BCUT2D eigenvalue weighted by atomic mass is 79.9. The quantitative estimate of drug-likeness (QED) is 0.723. The van der Waals surface area contributed by atoms with E-state index in [9.17, 15) is 0 Å². The highest BCUT2D eigenvalue weighted by molar-refractivity contribution is 9.10. The average molecular weight is 354 g/mol. The van der Waals surface area contributed by atoms with Crippen molar-refractivity contribution in [3.05, 3.63) is 51.4 Å². The van der Waals surface area contributed by atoms with Crippen LogP contribution in [0.25, 0.3) is 11.6 Å². The second kappa shape index (κ2) is 5.38. The van der Waals surface area contributed by atoms with E-state index in [1.165, 1.54) is 0 Å². The van der Waals surface area contributed by atoms with Crippen molar-refractivity contribution in [2.24, 2.45) is 7.05 Å². The topological polar surface area (TPSA) is 56.7 Å². The van der Waals surface area contributed by atoms with Gasteiger partial charge >= 0.3 is 0 Å². The Balaban J connectivity index is 1.85. The standard InChI is InChI=1S/C13H10BrClN4O/c1-19-7-10(14)12(18-19)13-17-16-11(20-13)6-8-3-2-4-9(15)5-8/h2-5,7H,6H2,1H3. The molecule has 7 heteroatoms. The van der Waals surface area contributed by atoms with Gasteiger partial charge in [-0.05, 0) is 33.6 Å². The summed E-state index contributed by atoms with van der Waals surface area (Å²) in [5.74, 6) is 0.925. The molecule has 0 fully saturated rings. The van der Waals surface area contributed by atoms with Crippen LogP contribution in [0.5, 0.6) is 0 Å². The predicted molar refractivity (Wildman–Crippen MR) is 78.5 cm³/mol. The van der Waals surface area contributed by atoms with E-state index in [0.29, 0.717) is 28.9 Å². The minimum Gasteiger partial charge on any atom is -0.419 e. The summed E-state index contributed by atoms with van der Waals surface area (Å²) >= 11 is 9.36. The van der Waals surface area contributed by atoms with E-state index in [0.717, 1.165) is 10.0 Å². The zero-order valence-electron chi connectivity index (χ0n) is 10.5. The first-order chi connectivity index (χ1) is 9.61. The summed E-state index contributed by atoms with van der Waals surface area (Å²) in [5.41, 5.74) is 1.66. The van der Waals surface area contributed by atoms with Gasteiger partial charge in [0.25, 0.3) is 5.89 Å². The van der Waals surface area contributed by atoms with Gasteiger partial charge in [-0.3, -0.25) is 4.68 Å². The van der Waals surface area contributed by atoms with E-state index >= 15 is 0 Å². The molecule has 0 aliphatic heterocycles. The lowest BCUT2D eigenvalue weighted by molar-refractivity contribution is 0.515. The Labute approximate surface area is 128 Å². The molecule has 0 aliphatic rings. The van der Waals surface area contributed by atoms with Crippen LogP contribution in [0.2, 0.25) is 5.02 Å². The van der Waals surface area contributed by atoms with Gasteiger partial charge in [-0.2, -0.15) is 5.10 Å². The molecule has 2 aromatic heterocycles. The highest BCUT2D eigenvalue weighted by Crippen LogP contribution is 2.25. The lowest BCUT2D eigenvalue weighted by Gasteiger charge is -1.97. The molecular weight excluding hydrogens is 344 g/mol. The Morgan fingerprint density at radius 1 is 1.35 bits per heavy atom. The average Bonchev–Trinajstić information content (AvgIpc) is 2.96.